The first-order valence-electron chi connectivity index (χ1n) is 8.22. The molecule has 0 spiro atoms. The average molecular weight is 321 g/mol. The Labute approximate surface area is 138 Å². The Morgan fingerprint density at radius 3 is 2.45 bits per heavy atom. The van der Waals surface area contributed by atoms with Gasteiger partial charge >= 0.3 is 0 Å². The van der Waals surface area contributed by atoms with Crippen LogP contribution >= 0.6 is 0 Å². The summed E-state index contributed by atoms with van der Waals surface area (Å²) in [4.78, 5) is 0. The molecule has 1 heterocycles. The third-order valence-corrected chi connectivity index (χ3v) is 6.31. The Morgan fingerprint density at radius 1 is 1.27 bits per heavy atom. The summed E-state index contributed by atoms with van der Waals surface area (Å²) in [6.45, 7) is 6.24. The first-order chi connectivity index (χ1) is 10.3. The molecule has 1 aliphatic rings. The van der Waals surface area contributed by atoms with Crippen molar-refractivity contribution in [2.45, 2.75) is 63.3 Å². The van der Waals surface area contributed by atoms with Crippen LogP contribution in [0.15, 0.2) is 24.3 Å². The topological polar surface area (TPSA) is 46.5 Å². The molecule has 1 unspecified atom stereocenters. The standard InChI is InChI=1S/C17H28BNO2S/c1-17(2,3)22(21)19-15(11-12-20)5-4-6-16(19)13-7-9-14(18)10-8-13/h7-10,15-16,20H,4-6,11-12,18H2,1-3H3/t15-,16-,22?/m0/s1. The number of hydrogen-bond acceptors (Lipinski definition) is 3. The van der Waals surface area contributed by atoms with E-state index in [1.165, 1.54) is 11.0 Å². The van der Waals surface area contributed by atoms with Crippen molar-refractivity contribution in [2.75, 3.05) is 6.61 Å². The Kier molecular flexibility index (Phi) is 6.00. The van der Waals surface area contributed by atoms with Gasteiger partial charge in [0.25, 0.3) is 0 Å². The van der Waals surface area contributed by atoms with E-state index in [9.17, 15) is 9.66 Å². The summed E-state index contributed by atoms with van der Waals surface area (Å²) in [5.74, 6) is 0. The van der Waals surface area contributed by atoms with Gasteiger partial charge in [0, 0.05) is 18.0 Å². The molecule has 0 aliphatic carbocycles. The van der Waals surface area contributed by atoms with Crippen molar-refractivity contribution in [3.8, 4) is 0 Å². The SMILES string of the molecule is Bc1ccc([C@@H]2CCC[C@@H](CCO)N2[S+]([O-])C(C)(C)C)cc1. The number of aliphatic hydroxyl groups excluding tert-OH is 1. The minimum atomic E-state index is -1.07. The van der Waals surface area contributed by atoms with Gasteiger partial charge in [0.05, 0.1) is 12.1 Å². The fourth-order valence-electron chi connectivity index (χ4n) is 3.15. The predicted molar refractivity (Wildman–Crippen MR) is 96.4 cm³/mol. The van der Waals surface area contributed by atoms with E-state index in [0.29, 0.717) is 6.42 Å². The van der Waals surface area contributed by atoms with Gasteiger partial charge in [-0.05, 0) is 52.0 Å². The lowest BCUT2D eigenvalue weighted by Gasteiger charge is -2.44. The summed E-state index contributed by atoms with van der Waals surface area (Å²) < 4.78 is 15.0. The molecular formula is C17H28BNO2S. The molecule has 2 rings (SSSR count). The van der Waals surface area contributed by atoms with Crippen LogP contribution in [0.2, 0.25) is 0 Å². The number of rotatable bonds is 4. The summed E-state index contributed by atoms with van der Waals surface area (Å²) in [5.41, 5.74) is 2.49. The highest BCUT2D eigenvalue weighted by Crippen LogP contribution is 2.40. The second-order valence-electron chi connectivity index (χ2n) is 7.24. The molecule has 122 valence electrons. The smallest absolute Gasteiger partial charge is 0.139 e. The second-order valence-corrected chi connectivity index (χ2v) is 9.39. The van der Waals surface area contributed by atoms with Crippen LogP contribution in [0.5, 0.6) is 0 Å². The van der Waals surface area contributed by atoms with Crippen molar-refractivity contribution in [1.29, 1.82) is 0 Å². The van der Waals surface area contributed by atoms with E-state index in [2.05, 4.69) is 36.4 Å². The first kappa shape index (κ1) is 17.9. The average Bonchev–Trinajstić information content (AvgIpc) is 2.46. The van der Waals surface area contributed by atoms with E-state index in [4.69, 9.17) is 0 Å². The van der Waals surface area contributed by atoms with Crippen LogP contribution in [-0.2, 0) is 11.4 Å². The zero-order chi connectivity index (χ0) is 16.3. The molecule has 0 radical (unpaired) electrons. The normalized spacial score (nSPS) is 25.1. The Hall–Kier alpha value is -0.485. The van der Waals surface area contributed by atoms with Gasteiger partial charge < -0.3 is 9.66 Å². The Balaban J connectivity index is 2.33. The lowest BCUT2D eigenvalue weighted by Crippen LogP contribution is -2.51. The summed E-state index contributed by atoms with van der Waals surface area (Å²) in [5, 5.41) is 9.39. The van der Waals surface area contributed by atoms with E-state index >= 15 is 0 Å². The van der Waals surface area contributed by atoms with Gasteiger partial charge in [-0.2, -0.15) is 0 Å². The predicted octanol–water partition coefficient (Wildman–Crippen LogP) is 1.69. The van der Waals surface area contributed by atoms with Crippen molar-refractivity contribution in [2.24, 2.45) is 0 Å². The van der Waals surface area contributed by atoms with Crippen molar-refractivity contribution in [3.05, 3.63) is 29.8 Å². The Morgan fingerprint density at radius 2 is 1.91 bits per heavy atom. The highest BCUT2D eigenvalue weighted by molar-refractivity contribution is 7.90. The van der Waals surface area contributed by atoms with Crippen LogP contribution in [-0.4, -0.2) is 39.2 Å². The molecule has 1 N–H and O–H groups in total. The van der Waals surface area contributed by atoms with Gasteiger partial charge in [0.2, 0.25) is 0 Å². The summed E-state index contributed by atoms with van der Waals surface area (Å²) in [6, 6.07) is 8.96. The lowest BCUT2D eigenvalue weighted by molar-refractivity contribution is 0.144. The van der Waals surface area contributed by atoms with Gasteiger partial charge in [0.1, 0.15) is 12.6 Å². The second kappa shape index (κ2) is 7.39. The molecule has 3 atom stereocenters. The van der Waals surface area contributed by atoms with Crippen molar-refractivity contribution in [1.82, 2.24) is 4.31 Å². The minimum Gasteiger partial charge on any atom is -0.597 e. The van der Waals surface area contributed by atoms with Crippen molar-refractivity contribution in [3.63, 3.8) is 0 Å². The highest BCUT2D eigenvalue weighted by Gasteiger charge is 2.44. The zero-order valence-corrected chi connectivity index (χ0v) is 15.0. The molecule has 1 aromatic rings. The molecule has 3 nitrogen and oxygen atoms in total. The fourth-order valence-corrected chi connectivity index (χ4v) is 4.72. The molecule has 1 aliphatic heterocycles. The fraction of sp³-hybridized carbons (Fsp3) is 0.647. The number of benzene rings is 1. The van der Waals surface area contributed by atoms with Crippen LogP contribution in [0.3, 0.4) is 0 Å². The molecule has 1 saturated heterocycles. The van der Waals surface area contributed by atoms with Gasteiger partial charge in [-0.1, -0.05) is 29.7 Å². The maximum Gasteiger partial charge on any atom is 0.139 e. The minimum absolute atomic E-state index is 0.156. The molecule has 0 amide bonds. The van der Waals surface area contributed by atoms with E-state index in [1.807, 2.05) is 20.8 Å². The van der Waals surface area contributed by atoms with Crippen LogP contribution in [0.4, 0.5) is 0 Å². The quantitative estimate of drug-likeness (QED) is 0.678. The van der Waals surface area contributed by atoms with E-state index in [0.717, 1.165) is 19.3 Å². The number of piperidine rings is 1. The number of aliphatic hydroxyl groups is 1. The molecule has 22 heavy (non-hydrogen) atoms. The molecule has 1 aromatic carbocycles. The summed E-state index contributed by atoms with van der Waals surface area (Å²) >= 11 is -1.07. The molecule has 0 bridgehead atoms. The van der Waals surface area contributed by atoms with Crippen molar-refractivity contribution >= 4 is 24.7 Å². The maximum absolute atomic E-state index is 13.1. The number of nitrogens with zero attached hydrogens (tertiary/aromatic N) is 1. The molecule has 0 aromatic heterocycles. The molecule has 0 saturated carbocycles. The lowest BCUT2D eigenvalue weighted by atomic mass is 9.89. The first-order valence-corrected chi connectivity index (χ1v) is 9.33. The molecule has 1 fully saturated rings. The zero-order valence-electron chi connectivity index (χ0n) is 14.2. The van der Waals surface area contributed by atoms with Crippen LogP contribution < -0.4 is 5.46 Å². The monoisotopic (exact) mass is 321 g/mol. The van der Waals surface area contributed by atoms with E-state index < -0.39 is 11.4 Å². The van der Waals surface area contributed by atoms with Crippen molar-refractivity contribution < 1.29 is 9.66 Å². The largest absolute Gasteiger partial charge is 0.597 e. The van der Waals surface area contributed by atoms with Gasteiger partial charge in [0.15, 0.2) is 0 Å². The van der Waals surface area contributed by atoms with Crippen LogP contribution in [0, 0.1) is 0 Å². The van der Waals surface area contributed by atoms with Gasteiger partial charge in [-0.25, -0.2) is 0 Å². The number of hydrogen-bond donors (Lipinski definition) is 1. The summed E-state index contributed by atoms with van der Waals surface area (Å²) in [6.07, 6.45) is 3.88. The maximum atomic E-state index is 13.1. The molecule has 5 heteroatoms. The Bertz CT molecular complexity index is 473. The van der Waals surface area contributed by atoms with Gasteiger partial charge in [-0.3, -0.25) is 0 Å². The van der Waals surface area contributed by atoms with E-state index in [-0.39, 0.29) is 23.4 Å². The third-order valence-electron chi connectivity index (χ3n) is 4.32. The summed E-state index contributed by atoms with van der Waals surface area (Å²) in [7, 11) is 2.09. The third kappa shape index (κ3) is 4.08. The van der Waals surface area contributed by atoms with Gasteiger partial charge in [-0.15, -0.1) is 4.31 Å². The highest BCUT2D eigenvalue weighted by atomic mass is 32.2. The van der Waals surface area contributed by atoms with Crippen LogP contribution in [0.1, 0.15) is 58.1 Å². The van der Waals surface area contributed by atoms with E-state index in [1.54, 1.807) is 0 Å². The molecular weight excluding hydrogens is 293 g/mol. The van der Waals surface area contributed by atoms with Crippen LogP contribution in [0.25, 0.3) is 0 Å².